The zero-order valence-electron chi connectivity index (χ0n) is 14.7. The number of likely N-dealkylation sites (tertiary alicyclic amines) is 1. The van der Waals surface area contributed by atoms with Crippen LogP contribution in [0.2, 0.25) is 0 Å². The lowest BCUT2D eigenvalue weighted by atomic mass is 10.0. The highest BCUT2D eigenvalue weighted by atomic mass is 19.1. The van der Waals surface area contributed by atoms with E-state index in [9.17, 15) is 9.18 Å². The summed E-state index contributed by atoms with van der Waals surface area (Å²) in [5.41, 5.74) is 0.939. The van der Waals surface area contributed by atoms with Crippen LogP contribution in [0.5, 0.6) is 5.75 Å². The maximum atomic E-state index is 13.8. The Morgan fingerprint density at radius 1 is 1.28 bits per heavy atom. The third-order valence-electron chi connectivity index (χ3n) is 4.84. The number of nitrogens with one attached hydrogen (secondary N) is 1. The fraction of sp³-hybridized carbons (Fsp3) is 0.611. The number of rotatable bonds is 4. The van der Waals surface area contributed by atoms with Gasteiger partial charge >= 0.3 is 6.03 Å². The van der Waals surface area contributed by atoms with Gasteiger partial charge in [-0.1, -0.05) is 6.07 Å². The normalized spacial score (nSPS) is 19.7. The van der Waals surface area contributed by atoms with Crippen LogP contribution in [0.4, 0.5) is 9.18 Å². The average molecular weight is 351 g/mol. The fourth-order valence-electron chi connectivity index (χ4n) is 3.33. The third kappa shape index (κ3) is 4.83. The lowest BCUT2D eigenvalue weighted by Crippen LogP contribution is -2.51. The number of ether oxygens (including phenoxy) is 2. The van der Waals surface area contributed by atoms with Crippen molar-refractivity contribution in [2.24, 2.45) is 0 Å². The number of piperidine rings is 1. The summed E-state index contributed by atoms with van der Waals surface area (Å²) in [5, 5.41) is 3.13. The summed E-state index contributed by atoms with van der Waals surface area (Å²) in [6.45, 7) is 5.05. The number of hydrogen-bond acceptors (Lipinski definition) is 4. The maximum absolute atomic E-state index is 13.8. The molecule has 3 rings (SSSR count). The Balaban J connectivity index is 1.44. The van der Waals surface area contributed by atoms with Gasteiger partial charge < -0.3 is 19.7 Å². The van der Waals surface area contributed by atoms with Crippen LogP contribution in [0, 0.1) is 5.82 Å². The van der Waals surface area contributed by atoms with E-state index >= 15 is 0 Å². The van der Waals surface area contributed by atoms with Gasteiger partial charge in [-0.25, -0.2) is 9.18 Å². The van der Waals surface area contributed by atoms with Gasteiger partial charge in [0.25, 0.3) is 0 Å². The first-order valence-corrected chi connectivity index (χ1v) is 8.83. The summed E-state index contributed by atoms with van der Waals surface area (Å²) >= 11 is 0. The Morgan fingerprint density at radius 3 is 2.64 bits per heavy atom. The minimum atomic E-state index is -0.326. The summed E-state index contributed by atoms with van der Waals surface area (Å²) < 4.78 is 24.0. The number of carbonyl (C=O) groups is 1. The topological polar surface area (TPSA) is 54.0 Å². The highest BCUT2D eigenvalue weighted by Crippen LogP contribution is 2.20. The van der Waals surface area contributed by atoms with Crippen LogP contribution in [0.1, 0.15) is 18.4 Å². The Kier molecular flexibility index (Phi) is 6.09. The highest BCUT2D eigenvalue weighted by Gasteiger charge is 2.24. The molecule has 7 heteroatoms. The van der Waals surface area contributed by atoms with Crippen molar-refractivity contribution in [1.82, 2.24) is 15.1 Å². The molecule has 0 saturated carbocycles. The van der Waals surface area contributed by atoms with Gasteiger partial charge in [0.1, 0.15) is 0 Å². The molecule has 0 bridgehead atoms. The van der Waals surface area contributed by atoms with Crippen molar-refractivity contribution < 1.29 is 18.7 Å². The van der Waals surface area contributed by atoms with Crippen molar-refractivity contribution in [2.45, 2.75) is 25.4 Å². The van der Waals surface area contributed by atoms with E-state index < -0.39 is 0 Å². The van der Waals surface area contributed by atoms with Gasteiger partial charge in [0.05, 0.1) is 20.3 Å². The molecular formula is C18H26FN3O3. The molecule has 2 saturated heterocycles. The molecule has 0 aliphatic carbocycles. The molecule has 6 nitrogen and oxygen atoms in total. The lowest BCUT2D eigenvalue weighted by Gasteiger charge is -2.34. The van der Waals surface area contributed by atoms with Crippen molar-refractivity contribution in [3.8, 4) is 5.75 Å². The minimum absolute atomic E-state index is 0.0129. The molecule has 0 spiro atoms. The molecule has 1 N–H and O–H groups in total. The average Bonchev–Trinajstić information content (AvgIpc) is 2.64. The van der Waals surface area contributed by atoms with E-state index in [2.05, 4.69) is 10.2 Å². The molecular weight excluding hydrogens is 325 g/mol. The second-order valence-corrected chi connectivity index (χ2v) is 6.57. The standard InChI is InChI=1S/C18H26FN3O3/c1-24-17-3-2-14(12-16(17)19)13-21-6-4-15(5-7-21)20-18(23)22-8-10-25-11-9-22/h2-3,12,15H,4-11,13H2,1H3,(H,20,23). The second kappa shape index (κ2) is 8.49. The number of halogens is 1. The zero-order chi connectivity index (χ0) is 17.6. The Morgan fingerprint density at radius 2 is 2.00 bits per heavy atom. The smallest absolute Gasteiger partial charge is 0.317 e. The second-order valence-electron chi connectivity index (χ2n) is 6.57. The largest absolute Gasteiger partial charge is 0.494 e. The van der Waals surface area contributed by atoms with E-state index in [0.717, 1.165) is 31.5 Å². The first-order chi connectivity index (χ1) is 12.2. The number of hydrogen-bond donors (Lipinski definition) is 1. The maximum Gasteiger partial charge on any atom is 0.317 e. The summed E-state index contributed by atoms with van der Waals surface area (Å²) in [4.78, 5) is 16.3. The Bertz CT molecular complexity index is 585. The number of urea groups is 1. The molecule has 0 unspecified atom stereocenters. The van der Waals surface area contributed by atoms with E-state index in [1.807, 2.05) is 11.0 Å². The first kappa shape index (κ1) is 17.9. The molecule has 2 aliphatic rings. The van der Waals surface area contributed by atoms with E-state index in [1.54, 1.807) is 6.07 Å². The summed E-state index contributed by atoms with van der Waals surface area (Å²) in [6, 6.07) is 5.32. The van der Waals surface area contributed by atoms with Crippen LogP contribution in [-0.4, -0.2) is 68.4 Å². The molecule has 1 aromatic carbocycles. The van der Waals surface area contributed by atoms with Crippen molar-refractivity contribution in [3.63, 3.8) is 0 Å². The number of nitrogens with zero attached hydrogens (tertiary/aromatic N) is 2. The van der Waals surface area contributed by atoms with Gasteiger partial charge in [0.15, 0.2) is 11.6 Å². The summed E-state index contributed by atoms with van der Waals surface area (Å²) in [7, 11) is 1.47. The van der Waals surface area contributed by atoms with Gasteiger partial charge in [0.2, 0.25) is 0 Å². The number of methoxy groups -OCH3 is 1. The number of carbonyl (C=O) groups excluding carboxylic acids is 1. The molecule has 0 radical (unpaired) electrons. The van der Waals surface area contributed by atoms with Crippen LogP contribution < -0.4 is 10.1 Å². The molecule has 2 aliphatic heterocycles. The van der Waals surface area contributed by atoms with Crippen LogP contribution >= 0.6 is 0 Å². The van der Waals surface area contributed by atoms with Crippen LogP contribution in [-0.2, 0) is 11.3 Å². The fourth-order valence-corrected chi connectivity index (χ4v) is 3.33. The third-order valence-corrected chi connectivity index (χ3v) is 4.84. The SMILES string of the molecule is COc1ccc(CN2CCC(NC(=O)N3CCOCC3)CC2)cc1F. The Labute approximate surface area is 147 Å². The van der Waals surface area contributed by atoms with Gasteiger partial charge in [0, 0.05) is 38.8 Å². The molecule has 25 heavy (non-hydrogen) atoms. The van der Waals surface area contributed by atoms with Gasteiger partial charge in [-0.3, -0.25) is 4.90 Å². The minimum Gasteiger partial charge on any atom is -0.494 e. The summed E-state index contributed by atoms with van der Waals surface area (Å²) in [6.07, 6.45) is 1.82. The van der Waals surface area contributed by atoms with Crippen molar-refractivity contribution >= 4 is 6.03 Å². The van der Waals surface area contributed by atoms with Crippen LogP contribution in [0.3, 0.4) is 0 Å². The van der Waals surface area contributed by atoms with E-state index in [1.165, 1.54) is 13.2 Å². The lowest BCUT2D eigenvalue weighted by molar-refractivity contribution is 0.0516. The highest BCUT2D eigenvalue weighted by molar-refractivity contribution is 5.74. The predicted octanol–water partition coefficient (Wildman–Crippen LogP) is 1.84. The van der Waals surface area contributed by atoms with E-state index in [4.69, 9.17) is 9.47 Å². The molecule has 1 aromatic rings. The number of amides is 2. The van der Waals surface area contributed by atoms with Gasteiger partial charge in [-0.2, -0.15) is 0 Å². The van der Waals surface area contributed by atoms with Gasteiger partial charge in [-0.05, 0) is 30.5 Å². The molecule has 2 fully saturated rings. The van der Waals surface area contributed by atoms with Crippen LogP contribution in [0.25, 0.3) is 0 Å². The number of morpholine rings is 1. The molecule has 2 amide bonds. The molecule has 138 valence electrons. The van der Waals surface area contributed by atoms with E-state index in [-0.39, 0.29) is 23.6 Å². The summed E-state index contributed by atoms with van der Waals surface area (Å²) in [5.74, 6) is -0.0547. The van der Waals surface area contributed by atoms with Crippen molar-refractivity contribution in [2.75, 3.05) is 46.5 Å². The number of benzene rings is 1. The van der Waals surface area contributed by atoms with Crippen LogP contribution in [0.15, 0.2) is 18.2 Å². The molecule has 0 atom stereocenters. The first-order valence-electron chi connectivity index (χ1n) is 8.83. The van der Waals surface area contributed by atoms with Crippen molar-refractivity contribution in [1.29, 1.82) is 0 Å². The van der Waals surface area contributed by atoms with E-state index in [0.29, 0.717) is 32.8 Å². The Hall–Kier alpha value is -1.86. The van der Waals surface area contributed by atoms with Gasteiger partial charge in [-0.15, -0.1) is 0 Å². The quantitative estimate of drug-likeness (QED) is 0.899. The monoisotopic (exact) mass is 351 g/mol. The molecule has 2 heterocycles. The zero-order valence-corrected chi connectivity index (χ0v) is 14.7. The van der Waals surface area contributed by atoms with Crippen molar-refractivity contribution in [3.05, 3.63) is 29.6 Å². The molecule has 0 aromatic heterocycles. The predicted molar refractivity (Wildman–Crippen MR) is 92.2 cm³/mol.